The molecule has 0 aliphatic heterocycles. The van der Waals surface area contributed by atoms with Crippen LogP contribution in [0.25, 0.3) is 0 Å². The van der Waals surface area contributed by atoms with Gasteiger partial charge in [0.15, 0.2) is 0 Å². The minimum absolute atomic E-state index is 0.00510. The van der Waals surface area contributed by atoms with E-state index in [1.165, 1.54) is 0 Å². The van der Waals surface area contributed by atoms with Crippen LogP contribution in [0.15, 0.2) is 0 Å². The highest BCUT2D eigenvalue weighted by Gasteiger charge is 2.16. The summed E-state index contributed by atoms with van der Waals surface area (Å²) in [4.78, 5) is 22.6. The second-order valence-corrected chi connectivity index (χ2v) is 4.38. The maximum Gasteiger partial charge on any atom is 0.224 e. The Kier molecular flexibility index (Phi) is 6.72. The van der Waals surface area contributed by atoms with E-state index in [4.69, 9.17) is 5.73 Å². The van der Waals surface area contributed by atoms with Gasteiger partial charge in [-0.1, -0.05) is 20.8 Å². The number of nitrogens with two attached hydrogens (primary N) is 1. The average Bonchev–Trinajstić information content (AvgIpc) is 2.22. The van der Waals surface area contributed by atoms with Crippen LogP contribution in [0.5, 0.6) is 0 Å². The fourth-order valence-corrected chi connectivity index (χ4v) is 0.975. The van der Waals surface area contributed by atoms with E-state index in [1.54, 1.807) is 13.8 Å². The molecule has 16 heavy (non-hydrogen) atoms. The number of rotatable bonds is 6. The zero-order valence-electron chi connectivity index (χ0n) is 10.5. The Morgan fingerprint density at radius 2 is 1.44 bits per heavy atom. The third-order valence-electron chi connectivity index (χ3n) is 2.45. The van der Waals surface area contributed by atoms with Crippen molar-refractivity contribution in [1.29, 1.82) is 0 Å². The van der Waals surface area contributed by atoms with E-state index in [1.807, 2.05) is 13.8 Å². The van der Waals surface area contributed by atoms with Crippen molar-refractivity contribution in [2.24, 2.45) is 17.6 Å². The highest BCUT2D eigenvalue weighted by atomic mass is 16.2. The SMILES string of the molecule is CC(C)C(=O)NCCNC(=O)C(C)C(C)N. The number of nitrogens with one attached hydrogen (secondary N) is 2. The molecular formula is C11H23N3O2. The van der Waals surface area contributed by atoms with Crippen LogP contribution in [0.4, 0.5) is 0 Å². The highest BCUT2D eigenvalue weighted by molar-refractivity contribution is 5.79. The van der Waals surface area contributed by atoms with E-state index < -0.39 is 0 Å². The molecule has 0 aliphatic rings. The largest absolute Gasteiger partial charge is 0.354 e. The summed E-state index contributed by atoms with van der Waals surface area (Å²) in [6.07, 6.45) is 0. The van der Waals surface area contributed by atoms with Gasteiger partial charge >= 0.3 is 0 Å². The Morgan fingerprint density at radius 1 is 1.00 bits per heavy atom. The summed E-state index contributed by atoms with van der Waals surface area (Å²) in [5, 5.41) is 5.45. The van der Waals surface area contributed by atoms with E-state index in [2.05, 4.69) is 10.6 Å². The molecule has 0 saturated carbocycles. The summed E-state index contributed by atoms with van der Waals surface area (Å²) in [5.41, 5.74) is 5.60. The third-order valence-corrected chi connectivity index (χ3v) is 2.45. The molecule has 0 bridgehead atoms. The lowest BCUT2D eigenvalue weighted by Gasteiger charge is -2.15. The van der Waals surface area contributed by atoms with Crippen LogP contribution in [0.3, 0.4) is 0 Å². The topological polar surface area (TPSA) is 84.2 Å². The van der Waals surface area contributed by atoms with Gasteiger partial charge in [-0.15, -0.1) is 0 Å². The van der Waals surface area contributed by atoms with Crippen molar-refractivity contribution in [3.8, 4) is 0 Å². The molecule has 4 N–H and O–H groups in total. The summed E-state index contributed by atoms with van der Waals surface area (Å²) >= 11 is 0. The second kappa shape index (κ2) is 7.22. The third kappa shape index (κ3) is 5.70. The summed E-state index contributed by atoms with van der Waals surface area (Å²) in [6, 6.07) is -0.162. The molecule has 5 nitrogen and oxygen atoms in total. The van der Waals surface area contributed by atoms with Crippen LogP contribution in [-0.4, -0.2) is 30.9 Å². The molecule has 0 aliphatic carbocycles. The molecule has 2 unspecified atom stereocenters. The van der Waals surface area contributed by atoms with Crippen molar-refractivity contribution in [2.75, 3.05) is 13.1 Å². The van der Waals surface area contributed by atoms with Crippen molar-refractivity contribution in [2.45, 2.75) is 33.7 Å². The number of amides is 2. The Hall–Kier alpha value is -1.10. The van der Waals surface area contributed by atoms with Gasteiger partial charge in [-0.2, -0.15) is 0 Å². The lowest BCUT2D eigenvalue weighted by atomic mass is 10.0. The van der Waals surface area contributed by atoms with Crippen molar-refractivity contribution in [3.05, 3.63) is 0 Å². The first-order valence-corrected chi connectivity index (χ1v) is 5.67. The van der Waals surface area contributed by atoms with Gasteiger partial charge in [-0.25, -0.2) is 0 Å². The van der Waals surface area contributed by atoms with Gasteiger partial charge < -0.3 is 16.4 Å². The standard InChI is InChI=1S/C11H23N3O2/c1-7(2)10(15)13-5-6-14-11(16)8(3)9(4)12/h7-9H,5-6,12H2,1-4H3,(H,13,15)(H,14,16). The normalized spacial score (nSPS) is 14.4. The average molecular weight is 229 g/mol. The molecule has 0 radical (unpaired) electrons. The molecule has 0 heterocycles. The van der Waals surface area contributed by atoms with Crippen molar-refractivity contribution >= 4 is 11.8 Å². The summed E-state index contributed by atoms with van der Waals surface area (Å²) in [5.74, 6) is -0.317. The minimum Gasteiger partial charge on any atom is -0.354 e. The van der Waals surface area contributed by atoms with Gasteiger partial charge in [0.25, 0.3) is 0 Å². The predicted molar refractivity (Wildman–Crippen MR) is 63.7 cm³/mol. The first-order chi connectivity index (χ1) is 7.36. The van der Waals surface area contributed by atoms with E-state index >= 15 is 0 Å². The molecule has 0 aromatic rings. The van der Waals surface area contributed by atoms with Gasteiger partial charge in [0.1, 0.15) is 0 Å². The Labute approximate surface area is 97.2 Å². The molecule has 0 fully saturated rings. The molecule has 0 saturated heterocycles. The molecule has 2 atom stereocenters. The number of hydrogen-bond donors (Lipinski definition) is 3. The summed E-state index contributed by atoms with van der Waals surface area (Å²) in [7, 11) is 0. The smallest absolute Gasteiger partial charge is 0.224 e. The monoisotopic (exact) mass is 229 g/mol. The van der Waals surface area contributed by atoms with Gasteiger partial charge in [0, 0.05) is 31.0 Å². The Bertz CT molecular complexity index is 239. The molecule has 0 aromatic heterocycles. The van der Waals surface area contributed by atoms with Crippen molar-refractivity contribution < 1.29 is 9.59 Å². The number of carbonyl (C=O) groups is 2. The van der Waals surface area contributed by atoms with Gasteiger partial charge in [0.05, 0.1) is 0 Å². The molecule has 0 spiro atoms. The zero-order chi connectivity index (χ0) is 12.7. The fourth-order valence-electron chi connectivity index (χ4n) is 0.975. The fraction of sp³-hybridized carbons (Fsp3) is 0.818. The van der Waals surface area contributed by atoms with E-state index in [0.29, 0.717) is 13.1 Å². The zero-order valence-corrected chi connectivity index (χ0v) is 10.5. The lowest BCUT2D eigenvalue weighted by molar-refractivity contribution is -0.126. The van der Waals surface area contributed by atoms with Gasteiger partial charge in [-0.3, -0.25) is 9.59 Å². The maximum absolute atomic E-state index is 11.5. The van der Waals surface area contributed by atoms with Crippen LogP contribution in [0, 0.1) is 11.8 Å². The van der Waals surface area contributed by atoms with E-state index in [9.17, 15) is 9.59 Å². The van der Waals surface area contributed by atoms with Crippen LogP contribution >= 0.6 is 0 Å². The Morgan fingerprint density at radius 3 is 1.81 bits per heavy atom. The van der Waals surface area contributed by atoms with Crippen LogP contribution in [-0.2, 0) is 9.59 Å². The minimum atomic E-state index is -0.208. The van der Waals surface area contributed by atoms with Gasteiger partial charge in [-0.05, 0) is 6.92 Å². The van der Waals surface area contributed by atoms with E-state index in [0.717, 1.165) is 0 Å². The highest BCUT2D eigenvalue weighted by Crippen LogP contribution is 1.98. The maximum atomic E-state index is 11.5. The predicted octanol–water partition coefficient (Wildman–Crippen LogP) is -0.142. The van der Waals surface area contributed by atoms with Crippen molar-refractivity contribution in [3.63, 3.8) is 0 Å². The number of carbonyl (C=O) groups excluding carboxylic acids is 2. The number of hydrogen-bond acceptors (Lipinski definition) is 3. The quantitative estimate of drug-likeness (QED) is 0.554. The molecule has 94 valence electrons. The first-order valence-electron chi connectivity index (χ1n) is 5.67. The van der Waals surface area contributed by atoms with Crippen molar-refractivity contribution in [1.82, 2.24) is 10.6 Å². The lowest BCUT2D eigenvalue weighted by Crippen LogP contribution is -2.42. The Balaban J connectivity index is 3.67. The molecule has 5 heteroatoms. The summed E-state index contributed by atoms with van der Waals surface area (Å²) in [6.45, 7) is 8.12. The second-order valence-electron chi connectivity index (χ2n) is 4.38. The van der Waals surface area contributed by atoms with Crippen LogP contribution < -0.4 is 16.4 Å². The van der Waals surface area contributed by atoms with Crippen LogP contribution in [0.2, 0.25) is 0 Å². The first kappa shape index (κ1) is 14.9. The molecule has 0 aromatic carbocycles. The summed E-state index contributed by atoms with van der Waals surface area (Å²) < 4.78 is 0. The van der Waals surface area contributed by atoms with Crippen LogP contribution in [0.1, 0.15) is 27.7 Å². The van der Waals surface area contributed by atoms with Gasteiger partial charge in [0.2, 0.25) is 11.8 Å². The molecule has 0 rings (SSSR count). The molecular weight excluding hydrogens is 206 g/mol. The molecule has 2 amide bonds. The van der Waals surface area contributed by atoms with E-state index in [-0.39, 0.29) is 29.7 Å².